The van der Waals surface area contributed by atoms with Gasteiger partial charge in [-0.25, -0.2) is 4.98 Å². The number of nitrogens with one attached hydrogen (secondary N) is 1. The number of thiazole rings is 1. The topological polar surface area (TPSA) is 37.8 Å². The molecule has 0 radical (unpaired) electrons. The van der Waals surface area contributed by atoms with E-state index < -0.39 is 0 Å². The first-order chi connectivity index (χ1) is 8.72. The number of aromatic nitrogens is 2. The Labute approximate surface area is 118 Å². The van der Waals surface area contributed by atoms with Gasteiger partial charge in [-0.2, -0.15) is 4.37 Å². The summed E-state index contributed by atoms with van der Waals surface area (Å²) in [5.41, 5.74) is 2.33. The second-order valence-corrected chi connectivity index (χ2v) is 6.50. The Morgan fingerprint density at radius 1 is 1.33 bits per heavy atom. The summed E-state index contributed by atoms with van der Waals surface area (Å²) in [4.78, 5) is 4.22. The molecular formula is C12H10ClN3S2. The first-order valence-electron chi connectivity index (χ1n) is 5.41. The van der Waals surface area contributed by atoms with Crippen molar-refractivity contribution in [2.45, 2.75) is 13.5 Å². The summed E-state index contributed by atoms with van der Waals surface area (Å²) in [5.74, 6) is 0. The summed E-state index contributed by atoms with van der Waals surface area (Å²) in [6, 6.07) is 4.25. The first kappa shape index (κ1) is 11.9. The Morgan fingerprint density at radius 3 is 3.00 bits per heavy atom. The highest BCUT2D eigenvalue weighted by Gasteiger charge is 2.04. The highest BCUT2D eigenvalue weighted by atomic mass is 35.5. The molecule has 0 spiro atoms. The Balaban J connectivity index is 1.82. The summed E-state index contributed by atoms with van der Waals surface area (Å²) in [6.45, 7) is 2.80. The second kappa shape index (κ2) is 4.84. The molecule has 6 heteroatoms. The van der Waals surface area contributed by atoms with Crippen LogP contribution in [0.1, 0.15) is 10.6 Å². The van der Waals surface area contributed by atoms with Gasteiger partial charge in [-0.3, -0.25) is 0 Å². The number of halogens is 1. The number of nitrogens with zero attached hydrogens (tertiary/aromatic N) is 2. The molecule has 0 bridgehead atoms. The third kappa shape index (κ3) is 2.34. The minimum atomic E-state index is 0.694. The van der Waals surface area contributed by atoms with Gasteiger partial charge in [0.15, 0.2) is 0 Å². The first-order valence-corrected chi connectivity index (χ1v) is 7.38. The maximum atomic E-state index is 5.85. The lowest BCUT2D eigenvalue weighted by Crippen LogP contribution is -1.98. The summed E-state index contributed by atoms with van der Waals surface area (Å²) in [5, 5.41) is 5.53. The van der Waals surface area contributed by atoms with Gasteiger partial charge in [0.25, 0.3) is 0 Å². The standard InChI is InChI=1S/C12H10ClN3S2/c1-7-2-9(3-8-4-16-18-12(7)8)14-6-11-15-5-10(13)17-11/h2-5,14H,6H2,1H3. The molecule has 1 N–H and O–H groups in total. The lowest BCUT2D eigenvalue weighted by atomic mass is 10.1. The molecule has 0 saturated heterocycles. The highest BCUT2D eigenvalue weighted by Crippen LogP contribution is 2.27. The van der Waals surface area contributed by atoms with Crippen LogP contribution in [-0.2, 0) is 6.54 Å². The molecule has 0 fully saturated rings. The molecule has 3 aromatic rings. The number of fused-ring (bicyclic) bond motifs is 1. The molecule has 18 heavy (non-hydrogen) atoms. The molecule has 0 aliphatic rings. The average Bonchev–Trinajstić information content (AvgIpc) is 2.95. The van der Waals surface area contributed by atoms with Gasteiger partial charge < -0.3 is 5.32 Å². The molecule has 0 aliphatic heterocycles. The van der Waals surface area contributed by atoms with Gasteiger partial charge >= 0.3 is 0 Å². The Hall–Kier alpha value is -1.17. The van der Waals surface area contributed by atoms with Gasteiger partial charge in [-0.05, 0) is 36.2 Å². The third-order valence-electron chi connectivity index (χ3n) is 2.61. The number of aryl methyl sites for hydroxylation is 1. The minimum absolute atomic E-state index is 0.694. The van der Waals surface area contributed by atoms with Crippen LogP contribution >= 0.6 is 34.5 Å². The Morgan fingerprint density at radius 2 is 2.22 bits per heavy atom. The molecule has 3 nitrogen and oxygen atoms in total. The summed E-state index contributed by atoms with van der Waals surface area (Å²) < 4.78 is 6.18. The lowest BCUT2D eigenvalue weighted by molar-refractivity contribution is 1.10. The van der Waals surface area contributed by atoms with Crippen molar-refractivity contribution >= 4 is 50.2 Å². The predicted molar refractivity (Wildman–Crippen MR) is 78.8 cm³/mol. The maximum absolute atomic E-state index is 5.85. The van der Waals surface area contributed by atoms with Crippen molar-refractivity contribution in [1.29, 1.82) is 0 Å². The minimum Gasteiger partial charge on any atom is -0.378 e. The zero-order chi connectivity index (χ0) is 12.5. The average molecular weight is 296 g/mol. The van der Waals surface area contributed by atoms with E-state index >= 15 is 0 Å². The van der Waals surface area contributed by atoms with E-state index in [-0.39, 0.29) is 0 Å². The number of hydrogen-bond donors (Lipinski definition) is 1. The number of anilines is 1. The van der Waals surface area contributed by atoms with Crippen LogP contribution in [0.3, 0.4) is 0 Å². The number of benzene rings is 1. The van der Waals surface area contributed by atoms with Crippen LogP contribution in [0.2, 0.25) is 4.34 Å². The van der Waals surface area contributed by atoms with Crippen molar-refractivity contribution in [2.75, 3.05) is 5.32 Å². The second-order valence-electron chi connectivity index (χ2n) is 3.95. The Bertz CT molecular complexity index is 690. The fourth-order valence-corrected chi connectivity index (χ4v) is 3.39. The van der Waals surface area contributed by atoms with E-state index in [9.17, 15) is 0 Å². The molecular weight excluding hydrogens is 286 g/mol. The fourth-order valence-electron chi connectivity index (χ4n) is 1.81. The molecule has 3 rings (SSSR count). The van der Waals surface area contributed by atoms with E-state index in [0.717, 1.165) is 15.0 Å². The summed E-state index contributed by atoms with van der Waals surface area (Å²) >= 11 is 8.89. The van der Waals surface area contributed by atoms with Gasteiger partial charge in [0.2, 0.25) is 0 Å². The largest absolute Gasteiger partial charge is 0.378 e. The van der Waals surface area contributed by atoms with E-state index in [2.05, 4.69) is 33.7 Å². The van der Waals surface area contributed by atoms with E-state index in [1.807, 2.05) is 6.20 Å². The summed E-state index contributed by atoms with van der Waals surface area (Å²) in [7, 11) is 0. The van der Waals surface area contributed by atoms with Gasteiger partial charge in [0.1, 0.15) is 9.34 Å². The normalized spacial score (nSPS) is 11.0. The van der Waals surface area contributed by atoms with Crippen molar-refractivity contribution in [3.8, 4) is 0 Å². The van der Waals surface area contributed by atoms with Crippen molar-refractivity contribution in [3.05, 3.63) is 39.4 Å². The van der Waals surface area contributed by atoms with Crippen LogP contribution in [0.25, 0.3) is 10.1 Å². The molecule has 0 amide bonds. The van der Waals surface area contributed by atoms with Crippen LogP contribution < -0.4 is 5.32 Å². The Kier molecular flexibility index (Phi) is 3.20. The molecule has 0 atom stereocenters. The molecule has 2 heterocycles. The SMILES string of the molecule is Cc1cc(NCc2ncc(Cl)s2)cc2cnsc12. The van der Waals surface area contributed by atoms with Crippen molar-refractivity contribution < 1.29 is 0 Å². The van der Waals surface area contributed by atoms with E-state index in [4.69, 9.17) is 11.6 Å². The van der Waals surface area contributed by atoms with E-state index in [1.54, 1.807) is 6.20 Å². The van der Waals surface area contributed by atoms with Crippen LogP contribution in [0.4, 0.5) is 5.69 Å². The lowest BCUT2D eigenvalue weighted by Gasteiger charge is -2.06. The smallest absolute Gasteiger partial charge is 0.113 e. The maximum Gasteiger partial charge on any atom is 0.113 e. The highest BCUT2D eigenvalue weighted by molar-refractivity contribution is 7.15. The van der Waals surface area contributed by atoms with E-state index in [1.165, 1.54) is 38.5 Å². The summed E-state index contributed by atoms with van der Waals surface area (Å²) in [6.07, 6.45) is 3.58. The molecule has 0 saturated carbocycles. The molecule has 92 valence electrons. The zero-order valence-electron chi connectivity index (χ0n) is 9.61. The van der Waals surface area contributed by atoms with E-state index in [0.29, 0.717) is 6.54 Å². The quantitative estimate of drug-likeness (QED) is 0.781. The third-order valence-corrected chi connectivity index (χ3v) is 4.67. The monoisotopic (exact) mass is 295 g/mol. The number of rotatable bonds is 3. The molecule has 0 aliphatic carbocycles. The van der Waals surface area contributed by atoms with Gasteiger partial charge in [-0.15, -0.1) is 11.3 Å². The van der Waals surface area contributed by atoms with Crippen molar-refractivity contribution in [2.24, 2.45) is 0 Å². The van der Waals surface area contributed by atoms with Crippen LogP contribution in [0, 0.1) is 6.92 Å². The fraction of sp³-hybridized carbons (Fsp3) is 0.167. The predicted octanol–water partition coefficient (Wildman–Crippen LogP) is 4.33. The zero-order valence-corrected chi connectivity index (χ0v) is 12.0. The van der Waals surface area contributed by atoms with Gasteiger partial charge in [0.05, 0.1) is 17.4 Å². The molecule has 2 aromatic heterocycles. The van der Waals surface area contributed by atoms with Crippen molar-refractivity contribution in [3.63, 3.8) is 0 Å². The van der Waals surface area contributed by atoms with Crippen LogP contribution in [0.15, 0.2) is 24.5 Å². The van der Waals surface area contributed by atoms with Crippen LogP contribution in [0.5, 0.6) is 0 Å². The van der Waals surface area contributed by atoms with Gasteiger partial charge in [-0.1, -0.05) is 11.6 Å². The van der Waals surface area contributed by atoms with Crippen LogP contribution in [-0.4, -0.2) is 9.36 Å². The van der Waals surface area contributed by atoms with Crippen molar-refractivity contribution in [1.82, 2.24) is 9.36 Å². The molecule has 1 aromatic carbocycles. The molecule has 0 unspecified atom stereocenters. The number of hydrogen-bond acceptors (Lipinski definition) is 5. The van der Waals surface area contributed by atoms with Gasteiger partial charge in [0, 0.05) is 17.3 Å².